The normalized spacial score (nSPS) is 11.4. The fourth-order valence-corrected chi connectivity index (χ4v) is 2.23. The summed E-state index contributed by atoms with van der Waals surface area (Å²) in [5.41, 5.74) is 2.66. The van der Waals surface area contributed by atoms with Crippen molar-refractivity contribution in [1.82, 2.24) is 14.6 Å². The van der Waals surface area contributed by atoms with Gasteiger partial charge >= 0.3 is 0 Å². The number of halogens is 2. The standard InChI is InChI=1S/C15H13F2N3/c1-2-10-9-18-14-8-7-13(19-20(10)14)11-5-3-4-6-12(11)15(16)17/h3-9,15H,2H2,1H3. The Bertz CT molecular complexity index is 750. The molecule has 3 aromatic rings. The van der Waals surface area contributed by atoms with Crippen molar-refractivity contribution in [2.75, 3.05) is 0 Å². The Hall–Kier alpha value is -2.30. The molecule has 3 rings (SSSR count). The minimum Gasteiger partial charge on any atom is -0.235 e. The second kappa shape index (κ2) is 5.00. The topological polar surface area (TPSA) is 30.2 Å². The molecule has 0 fully saturated rings. The molecule has 5 heteroatoms. The van der Waals surface area contributed by atoms with Gasteiger partial charge in [0.05, 0.1) is 17.6 Å². The number of hydrogen-bond donors (Lipinski definition) is 0. The van der Waals surface area contributed by atoms with E-state index in [0.717, 1.165) is 17.8 Å². The molecule has 1 aromatic carbocycles. The third-order valence-corrected chi connectivity index (χ3v) is 3.27. The van der Waals surface area contributed by atoms with Crippen molar-refractivity contribution in [2.45, 2.75) is 19.8 Å². The van der Waals surface area contributed by atoms with E-state index in [1.165, 1.54) is 6.07 Å². The van der Waals surface area contributed by atoms with Crippen LogP contribution in [0.3, 0.4) is 0 Å². The van der Waals surface area contributed by atoms with E-state index in [0.29, 0.717) is 11.3 Å². The monoisotopic (exact) mass is 273 g/mol. The number of aryl methyl sites for hydroxylation is 1. The minimum absolute atomic E-state index is 0.00230. The maximum atomic E-state index is 13.1. The second-order valence-corrected chi connectivity index (χ2v) is 4.48. The molecule has 0 saturated heterocycles. The van der Waals surface area contributed by atoms with Crippen LogP contribution in [0, 0.1) is 0 Å². The lowest BCUT2D eigenvalue weighted by molar-refractivity contribution is 0.152. The van der Waals surface area contributed by atoms with Gasteiger partial charge in [-0.2, -0.15) is 5.10 Å². The van der Waals surface area contributed by atoms with E-state index < -0.39 is 6.43 Å². The van der Waals surface area contributed by atoms with E-state index in [1.54, 1.807) is 41.0 Å². The summed E-state index contributed by atoms with van der Waals surface area (Å²) in [5, 5.41) is 4.44. The van der Waals surface area contributed by atoms with E-state index in [2.05, 4.69) is 10.1 Å². The van der Waals surface area contributed by atoms with Crippen molar-refractivity contribution in [3.05, 3.63) is 53.9 Å². The predicted octanol–water partition coefficient (Wildman–Crippen LogP) is 3.90. The third kappa shape index (κ3) is 2.05. The Morgan fingerprint density at radius 3 is 2.70 bits per heavy atom. The number of aromatic nitrogens is 3. The first-order valence-corrected chi connectivity index (χ1v) is 6.42. The Morgan fingerprint density at radius 1 is 1.15 bits per heavy atom. The summed E-state index contributed by atoms with van der Waals surface area (Å²) in [4.78, 5) is 4.23. The van der Waals surface area contributed by atoms with E-state index in [-0.39, 0.29) is 5.56 Å². The Kier molecular flexibility index (Phi) is 3.18. The molecule has 0 saturated carbocycles. The molecule has 20 heavy (non-hydrogen) atoms. The molecule has 0 radical (unpaired) electrons. The summed E-state index contributed by atoms with van der Waals surface area (Å²) >= 11 is 0. The first-order valence-electron chi connectivity index (χ1n) is 6.42. The number of imidazole rings is 1. The average molecular weight is 273 g/mol. The summed E-state index contributed by atoms with van der Waals surface area (Å²) < 4.78 is 27.8. The molecule has 0 amide bonds. The van der Waals surface area contributed by atoms with Gasteiger partial charge in [-0.1, -0.05) is 31.2 Å². The van der Waals surface area contributed by atoms with Crippen LogP contribution < -0.4 is 0 Å². The molecule has 0 aliphatic heterocycles. The van der Waals surface area contributed by atoms with Crippen molar-refractivity contribution >= 4 is 5.65 Å². The molecular weight excluding hydrogens is 260 g/mol. The molecule has 102 valence electrons. The van der Waals surface area contributed by atoms with Crippen molar-refractivity contribution in [3.63, 3.8) is 0 Å². The summed E-state index contributed by atoms with van der Waals surface area (Å²) in [6.45, 7) is 2.00. The van der Waals surface area contributed by atoms with E-state index in [1.807, 2.05) is 6.92 Å². The summed E-state index contributed by atoms with van der Waals surface area (Å²) in [5.74, 6) is 0. The van der Waals surface area contributed by atoms with Gasteiger partial charge in [0.1, 0.15) is 0 Å². The van der Waals surface area contributed by atoms with Crippen LogP contribution in [0.4, 0.5) is 8.78 Å². The maximum absolute atomic E-state index is 13.1. The summed E-state index contributed by atoms with van der Waals surface area (Å²) in [6, 6.07) is 9.96. The fourth-order valence-electron chi connectivity index (χ4n) is 2.23. The highest BCUT2D eigenvalue weighted by Gasteiger charge is 2.15. The largest absolute Gasteiger partial charge is 0.264 e. The van der Waals surface area contributed by atoms with Crippen LogP contribution >= 0.6 is 0 Å². The number of alkyl halides is 2. The van der Waals surface area contributed by atoms with Crippen LogP contribution in [0.15, 0.2) is 42.6 Å². The van der Waals surface area contributed by atoms with Crippen molar-refractivity contribution in [1.29, 1.82) is 0 Å². The maximum Gasteiger partial charge on any atom is 0.264 e. The van der Waals surface area contributed by atoms with Crippen LogP contribution in [-0.2, 0) is 6.42 Å². The molecule has 0 bridgehead atoms. The van der Waals surface area contributed by atoms with Crippen molar-refractivity contribution in [2.24, 2.45) is 0 Å². The van der Waals surface area contributed by atoms with E-state index in [9.17, 15) is 8.78 Å². The predicted molar refractivity (Wildman–Crippen MR) is 72.8 cm³/mol. The molecule has 0 aliphatic rings. The van der Waals surface area contributed by atoms with Crippen LogP contribution in [-0.4, -0.2) is 14.6 Å². The zero-order valence-electron chi connectivity index (χ0n) is 10.9. The fraction of sp³-hybridized carbons (Fsp3) is 0.200. The van der Waals surface area contributed by atoms with Gasteiger partial charge in [0.15, 0.2) is 5.65 Å². The van der Waals surface area contributed by atoms with Gasteiger partial charge in [-0.15, -0.1) is 0 Å². The minimum atomic E-state index is -2.52. The zero-order chi connectivity index (χ0) is 14.1. The molecule has 0 spiro atoms. The smallest absolute Gasteiger partial charge is 0.235 e. The summed E-state index contributed by atoms with van der Waals surface area (Å²) in [6.07, 6.45) is 0.0244. The van der Waals surface area contributed by atoms with Gasteiger partial charge in [0.25, 0.3) is 6.43 Å². The Balaban J connectivity index is 2.19. The molecule has 0 unspecified atom stereocenters. The summed E-state index contributed by atoms with van der Waals surface area (Å²) in [7, 11) is 0. The number of nitrogens with zero attached hydrogens (tertiary/aromatic N) is 3. The quantitative estimate of drug-likeness (QED) is 0.724. The number of rotatable bonds is 3. The van der Waals surface area contributed by atoms with Gasteiger partial charge in [-0.25, -0.2) is 18.3 Å². The van der Waals surface area contributed by atoms with Crippen LogP contribution in [0.5, 0.6) is 0 Å². The van der Waals surface area contributed by atoms with E-state index in [4.69, 9.17) is 0 Å². The first-order chi connectivity index (χ1) is 9.70. The van der Waals surface area contributed by atoms with Gasteiger partial charge < -0.3 is 0 Å². The van der Waals surface area contributed by atoms with Crippen molar-refractivity contribution < 1.29 is 8.78 Å². The molecule has 2 heterocycles. The first kappa shape index (κ1) is 12.7. The van der Waals surface area contributed by atoms with Crippen molar-refractivity contribution in [3.8, 4) is 11.3 Å². The third-order valence-electron chi connectivity index (χ3n) is 3.27. The Labute approximate surface area is 114 Å². The molecule has 3 nitrogen and oxygen atoms in total. The van der Waals surface area contributed by atoms with Gasteiger partial charge in [0.2, 0.25) is 0 Å². The lowest BCUT2D eigenvalue weighted by Gasteiger charge is -2.08. The second-order valence-electron chi connectivity index (χ2n) is 4.48. The van der Waals surface area contributed by atoms with Crippen LogP contribution in [0.2, 0.25) is 0 Å². The Morgan fingerprint density at radius 2 is 1.95 bits per heavy atom. The molecule has 0 atom stereocenters. The lowest BCUT2D eigenvalue weighted by atomic mass is 10.0. The van der Waals surface area contributed by atoms with Gasteiger partial charge in [0, 0.05) is 11.1 Å². The SMILES string of the molecule is CCc1cnc2ccc(-c3ccccc3C(F)F)nn12. The lowest BCUT2D eigenvalue weighted by Crippen LogP contribution is -2.00. The van der Waals surface area contributed by atoms with Gasteiger partial charge in [-0.05, 0) is 18.6 Å². The molecule has 0 N–H and O–H groups in total. The molecule has 2 aromatic heterocycles. The van der Waals surface area contributed by atoms with Crippen LogP contribution in [0.1, 0.15) is 24.6 Å². The molecule has 0 aliphatic carbocycles. The van der Waals surface area contributed by atoms with E-state index >= 15 is 0 Å². The van der Waals surface area contributed by atoms with Crippen LogP contribution in [0.25, 0.3) is 16.9 Å². The molecular formula is C15H13F2N3. The number of fused-ring (bicyclic) bond motifs is 1. The highest BCUT2D eigenvalue weighted by atomic mass is 19.3. The average Bonchev–Trinajstić information content (AvgIpc) is 2.89. The van der Waals surface area contributed by atoms with Gasteiger partial charge in [-0.3, -0.25) is 0 Å². The zero-order valence-corrected chi connectivity index (χ0v) is 10.9. The number of benzene rings is 1. The highest BCUT2D eigenvalue weighted by molar-refractivity contribution is 5.64. The highest BCUT2D eigenvalue weighted by Crippen LogP contribution is 2.29. The number of hydrogen-bond acceptors (Lipinski definition) is 2.